The molecule has 0 saturated carbocycles. The molecule has 0 aromatic rings. The van der Waals surface area contributed by atoms with Gasteiger partial charge in [0.2, 0.25) is 0 Å². The number of hydrogen-bond acceptors (Lipinski definition) is 3. The molecule has 0 radical (unpaired) electrons. The molecule has 3 atom stereocenters. The first kappa shape index (κ1) is 12.0. The van der Waals surface area contributed by atoms with Gasteiger partial charge in [-0.05, 0) is 19.3 Å². The molecule has 6 heteroatoms. The number of thioether (sulfide) groups is 1. The summed E-state index contributed by atoms with van der Waals surface area (Å²) < 4.78 is 0. The van der Waals surface area contributed by atoms with Crippen LogP contribution >= 0.6 is 24.0 Å². The average Bonchev–Trinajstić information content (AvgIpc) is 2.72. The molecular weight excluding hydrogens is 242 g/mol. The molecule has 4 nitrogen and oxygen atoms in total. The summed E-state index contributed by atoms with van der Waals surface area (Å²) in [7, 11) is 0. The summed E-state index contributed by atoms with van der Waals surface area (Å²) >= 11 is 6.79. The van der Waals surface area contributed by atoms with Gasteiger partial charge < -0.3 is 16.4 Å². The molecule has 16 heavy (non-hydrogen) atoms. The number of carbonyl (C=O) groups excluding carboxylic acids is 1. The second-order valence-electron chi connectivity index (χ2n) is 4.33. The Kier molecular flexibility index (Phi) is 3.91. The SMILES string of the molecule is NC(=S)CCCC[C@@H]1SC[C@@H]2NC(=O)N[C@@H]21. The van der Waals surface area contributed by atoms with Crippen molar-refractivity contribution in [1.29, 1.82) is 0 Å². The highest BCUT2D eigenvalue weighted by Gasteiger charge is 2.42. The summed E-state index contributed by atoms with van der Waals surface area (Å²) in [5.41, 5.74) is 5.45. The van der Waals surface area contributed by atoms with E-state index in [0.29, 0.717) is 22.3 Å². The summed E-state index contributed by atoms with van der Waals surface area (Å²) in [6.07, 6.45) is 4.17. The van der Waals surface area contributed by atoms with Crippen molar-refractivity contribution in [1.82, 2.24) is 10.6 Å². The number of unbranched alkanes of at least 4 members (excludes halogenated alkanes) is 1. The van der Waals surface area contributed by atoms with E-state index in [1.54, 1.807) is 0 Å². The molecule has 4 N–H and O–H groups in total. The predicted octanol–water partition coefficient (Wildman–Crippen LogP) is 0.998. The minimum atomic E-state index is -0.0107. The third-order valence-corrected chi connectivity index (χ3v) is 4.81. The van der Waals surface area contributed by atoms with Gasteiger partial charge in [-0.1, -0.05) is 18.6 Å². The number of thiocarbonyl (C=S) groups is 1. The maximum absolute atomic E-state index is 11.2. The van der Waals surface area contributed by atoms with Crippen LogP contribution in [-0.4, -0.2) is 34.1 Å². The first-order valence-corrected chi connectivity index (χ1v) is 7.09. The van der Waals surface area contributed by atoms with Crippen molar-refractivity contribution in [2.45, 2.75) is 43.0 Å². The first-order chi connectivity index (χ1) is 7.66. The molecule has 2 saturated heterocycles. The number of nitrogens with one attached hydrogen (secondary N) is 2. The zero-order valence-corrected chi connectivity index (χ0v) is 10.7. The number of urea groups is 1. The number of hydrogen-bond donors (Lipinski definition) is 3. The van der Waals surface area contributed by atoms with Crippen LogP contribution in [0, 0.1) is 0 Å². The third kappa shape index (κ3) is 2.79. The lowest BCUT2D eigenvalue weighted by molar-refractivity contribution is 0.247. The Morgan fingerprint density at radius 2 is 2.31 bits per heavy atom. The highest BCUT2D eigenvalue weighted by molar-refractivity contribution is 8.00. The summed E-state index contributed by atoms with van der Waals surface area (Å²) in [5.74, 6) is 1.03. The Hall–Kier alpha value is -0.490. The zero-order chi connectivity index (χ0) is 11.5. The topological polar surface area (TPSA) is 67.1 Å². The molecule has 0 bridgehead atoms. The fourth-order valence-corrected chi connectivity index (χ4v) is 3.98. The Bertz CT molecular complexity index is 298. The maximum Gasteiger partial charge on any atom is 0.315 e. The molecule has 2 aliphatic rings. The number of rotatable bonds is 5. The standard InChI is InChI=1S/C10H17N3OS2/c11-8(15)4-2-1-3-7-9-6(5-16-7)12-10(14)13-9/h6-7,9H,1-5H2,(H2,11,15)(H2,12,13,14)/t6-,7-,9-/m0/s1. The predicted molar refractivity (Wildman–Crippen MR) is 70.7 cm³/mol. The van der Waals surface area contributed by atoms with Gasteiger partial charge in [0.25, 0.3) is 0 Å². The second-order valence-corrected chi connectivity index (χ2v) is 6.13. The van der Waals surface area contributed by atoms with Gasteiger partial charge in [0.1, 0.15) is 0 Å². The van der Waals surface area contributed by atoms with E-state index in [-0.39, 0.29) is 6.03 Å². The van der Waals surface area contributed by atoms with Crippen molar-refractivity contribution in [2.24, 2.45) is 5.73 Å². The van der Waals surface area contributed by atoms with Crippen molar-refractivity contribution in [2.75, 3.05) is 5.75 Å². The van der Waals surface area contributed by atoms with Crippen LogP contribution in [0.1, 0.15) is 25.7 Å². The number of fused-ring (bicyclic) bond motifs is 1. The number of carbonyl (C=O) groups is 1. The van der Waals surface area contributed by atoms with Crippen LogP contribution < -0.4 is 16.4 Å². The van der Waals surface area contributed by atoms with Crippen molar-refractivity contribution in [3.63, 3.8) is 0 Å². The lowest BCUT2D eigenvalue weighted by Gasteiger charge is -2.16. The van der Waals surface area contributed by atoms with E-state index >= 15 is 0 Å². The van der Waals surface area contributed by atoms with E-state index in [1.807, 2.05) is 11.8 Å². The molecule has 0 unspecified atom stereocenters. The van der Waals surface area contributed by atoms with Gasteiger partial charge in [0, 0.05) is 11.0 Å². The molecule has 2 aliphatic heterocycles. The lowest BCUT2D eigenvalue weighted by atomic mass is 10.0. The van der Waals surface area contributed by atoms with E-state index in [1.165, 1.54) is 0 Å². The Balaban J connectivity index is 1.70. The van der Waals surface area contributed by atoms with Gasteiger partial charge in [0.05, 0.1) is 17.1 Å². The quantitative estimate of drug-likeness (QED) is 0.391. The van der Waals surface area contributed by atoms with Crippen molar-refractivity contribution in [3.8, 4) is 0 Å². The molecular formula is C10H17N3OS2. The molecule has 2 rings (SSSR count). The monoisotopic (exact) mass is 259 g/mol. The zero-order valence-electron chi connectivity index (χ0n) is 9.07. The Labute approximate surface area is 105 Å². The summed E-state index contributed by atoms with van der Waals surface area (Å²) in [6, 6.07) is 0.642. The van der Waals surface area contributed by atoms with Crippen LogP contribution in [0.4, 0.5) is 4.79 Å². The Morgan fingerprint density at radius 3 is 3.06 bits per heavy atom. The molecule has 0 aromatic heterocycles. The normalized spacial score (nSPS) is 32.0. The van der Waals surface area contributed by atoms with Gasteiger partial charge in [-0.3, -0.25) is 0 Å². The lowest BCUT2D eigenvalue weighted by Crippen LogP contribution is -2.36. The largest absolute Gasteiger partial charge is 0.393 e. The molecule has 2 heterocycles. The smallest absolute Gasteiger partial charge is 0.315 e. The fourth-order valence-electron chi connectivity index (χ4n) is 2.29. The minimum Gasteiger partial charge on any atom is -0.393 e. The molecule has 0 aliphatic carbocycles. The van der Waals surface area contributed by atoms with Crippen molar-refractivity contribution < 1.29 is 4.79 Å². The van der Waals surface area contributed by atoms with Gasteiger partial charge >= 0.3 is 6.03 Å². The van der Waals surface area contributed by atoms with Gasteiger partial charge in [-0.2, -0.15) is 11.8 Å². The van der Waals surface area contributed by atoms with Crippen LogP contribution in [-0.2, 0) is 0 Å². The van der Waals surface area contributed by atoms with E-state index in [4.69, 9.17) is 18.0 Å². The van der Waals surface area contributed by atoms with E-state index in [0.717, 1.165) is 31.4 Å². The minimum absolute atomic E-state index is 0.0107. The molecule has 90 valence electrons. The molecule has 2 fully saturated rings. The van der Waals surface area contributed by atoms with E-state index in [2.05, 4.69) is 10.6 Å². The molecule has 0 spiro atoms. The second kappa shape index (κ2) is 5.23. The summed E-state index contributed by atoms with van der Waals surface area (Å²) in [4.78, 5) is 11.8. The number of nitrogens with two attached hydrogens (primary N) is 1. The average molecular weight is 259 g/mol. The van der Waals surface area contributed by atoms with Crippen LogP contribution in [0.3, 0.4) is 0 Å². The summed E-state index contributed by atoms with van der Waals surface area (Å²) in [5, 5.41) is 6.49. The van der Waals surface area contributed by atoms with E-state index in [9.17, 15) is 4.79 Å². The van der Waals surface area contributed by atoms with Crippen LogP contribution in [0.5, 0.6) is 0 Å². The number of amides is 2. The van der Waals surface area contributed by atoms with Gasteiger partial charge in [-0.15, -0.1) is 0 Å². The highest BCUT2D eigenvalue weighted by Crippen LogP contribution is 2.33. The highest BCUT2D eigenvalue weighted by atomic mass is 32.2. The molecule has 2 amide bonds. The third-order valence-electron chi connectivity index (χ3n) is 3.10. The van der Waals surface area contributed by atoms with Crippen LogP contribution in [0.15, 0.2) is 0 Å². The van der Waals surface area contributed by atoms with Crippen LogP contribution in [0.25, 0.3) is 0 Å². The van der Waals surface area contributed by atoms with Crippen molar-refractivity contribution in [3.05, 3.63) is 0 Å². The van der Waals surface area contributed by atoms with Crippen LogP contribution in [0.2, 0.25) is 0 Å². The maximum atomic E-state index is 11.2. The summed E-state index contributed by atoms with van der Waals surface area (Å²) in [6.45, 7) is 0. The van der Waals surface area contributed by atoms with E-state index < -0.39 is 0 Å². The first-order valence-electron chi connectivity index (χ1n) is 5.64. The van der Waals surface area contributed by atoms with Gasteiger partial charge in [-0.25, -0.2) is 4.79 Å². The van der Waals surface area contributed by atoms with Gasteiger partial charge in [0.15, 0.2) is 0 Å². The molecule has 0 aromatic carbocycles. The fraction of sp³-hybridized carbons (Fsp3) is 0.800. The Morgan fingerprint density at radius 1 is 1.50 bits per heavy atom. The van der Waals surface area contributed by atoms with Crippen molar-refractivity contribution >= 4 is 35.0 Å².